The first-order chi connectivity index (χ1) is 16.2. The van der Waals surface area contributed by atoms with E-state index in [2.05, 4.69) is 42.6 Å². The highest BCUT2D eigenvalue weighted by molar-refractivity contribution is 7.10. The summed E-state index contributed by atoms with van der Waals surface area (Å²) in [6, 6.07) is 20.2. The van der Waals surface area contributed by atoms with Gasteiger partial charge in [0, 0.05) is 23.0 Å². The van der Waals surface area contributed by atoms with E-state index >= 15 is 0 Å². The zero-order valence-corrected chi connectivity index (χ0v) is 21.1. The summed E-state index contributed by atoms with van der Waals surface area (Å²) in [6.07, 6.45) is 4.22. The number of amides is 2. The normalized spacial score (nSPS) is 15.9. The van der Waals surface area contributed by atoms with Gasteiger partial charge in [-0.2, -0.15) is 0 Å². The summed E-state index contributed by atoms with van der Waals surface area (Å²) in [7, 11) is 0. The monoisotopic (exact) mass is 472 g/mol. The Labute approximate surface area is 206 Å². The molecule has 176 valence electrons. The molecule has 4 rings (SSSR count). The number of fused-ring (bicyclic) bond motifs is 1. The minimum atomic E-state index is -0.490. The summed E-state index contributed by atoms with van der Waals surface area (Å²) in [5.74, 6) is -0.191. The number of nitrogens with zero attached hydrogens (tertiary/aromatic N) is 2. The lowest BCUT2D eigenvalue weighted by Crippen LogP contribution is -2.52. The van der Waals surface area contributed by atoms with Crippen LogP contribution in [0.1, 0.15) is 53.9 Å². The van der Waals surface area contributed by atoms with Gasteiger partial charge in [-0.15, -0.1) is 11.3 Å². The van der Waals surface area contributed by atoms with Gasteiger partial charge in [-0.1, -0.05) is 60.2 Å². The Kier molecular flexibility index (Phi) is 7.03. The number of thiophene rings is 1. The Balaban J connectivity index is 1.59. The average molecular weight is 473 g/mol. The van der Waals surface area contributed by atoms with Gasteiger partial charge in [0.15, 0.2) is 0 Å². The minimum absolute atomic E-state index is 0.0289. The quantitative estimate of drug-likeness (QED) is 0.436. The maximum atomic E-state index is 13.7. The molecule has 0 saturated carbocycles. The zero-order valence-electron chi connectivity index (χ0n) is 20.3. The molecule has 0 fully saturated rings. The molecular formula is C29H32N2O2S. The van der Waals surface area contributed by atoms with E-state index in [9.17, 15) is 9.59 Å². The van der Waals surface area contributed by atoms with Crippen LogP contribution in [0.15, 0.2) is 72.1 Å². The number of carbonyl (C=O) groups is 2. The fourth-order valence-corrected chi connectivity index (χ4v) is 5.29. The molecule has 0 spiro atoms. The van der Waals surface area contributed by atoms with Gasteiger partial charge >= 0.3 is 0 Å². The second-order valence-electron chi connectivity index (χ2n) is 9.79. The molecule has 0 saturated heterocycles. The van der Waals surface area contributed by atoms with Crippen molar-refractivity contribution in [2.45, 2.75) is 45.7 Å². The Hall–Kier alpha value is -3.18. The molecule has 1 unspecified atom stereocenters. The van der Waals surface area contributed by atoms with Crippen molar-refractivity contribution in [3.8, 4) is 0 Å². The number of hydrogen-bond donors (Lipinski definition) is 0. The lowest BCUT2D eigenvalue weighted by Gasteiger charge is -2.40. The Morgan fingerprint density at radius 1 is 1.06 bits per heavy atom. The maximum absolute atomic E-state index is 13.7. The smallest absolute Gasteiger partial charge is 0.247 e. The fraction of sp³-hybridized carbons (Fsp3) is 0.310. The van der Waals surface area contributed by atoms with E-state index in [4.69, 9.17) is 0 Å². The van der Waals surface area contributed by atoms with Crippen LogP contribution in [-0.4, -0.2) is 40.2 Å². The highest BCUT2D eigenvalue weighted by Crippen LogP contribution is 2.38. The predicted molar refractivity (Wildman–Crippen MR) is 140 cm³/mol. The van der Waals surface area contributed by atoms with Crippen LogP contribution in [0.2, 0.25) is 0 Å². The van der Waals surface area contributed by atoms with E-state index in [0.29, 0.717) is 6.54 Å². The summed E-state index contributed by atoms with van der Waals surface area (Å²) < 4.78 is 0. The Morgan fingerprint density at radius 3 is 2.44 bits per heavy atom. The first-order valence-corrected chi connectivity index (χ1v) is 12.6. The lowest BCUT2D eigenvalue weighted by molar-refractivity contribution is -0.143. The van der Waals surface area contributed by atoms with Crippen molar-refractivity contribution in [2.75, 3.05) is 13.1 Å². The van der Waals surface area contributed by atoms with Crippen molar-refractivity contribution in [1.29, 1.82) is 0 Å². The highest BCUT2D eigenvalue weighted by atomic mass is 32.1. The van der Waals surface area contributed by atoms with E-state index in [1.807, 2.05) is 56.0 Å². The first kappa shape index (κ1) is 24.0. The van der Waals surface area contributed by atoms with Crippen LogP contribution in [0.25, 0.3) is 6.08 Å². The molecule has 4 nitrogen and oxygen atoms in total. The van der Waals surface area contributed by atoms with E-state index in [1.165, 1.54) is 16.0 Å². The van der Waals surface area contributed by atoms with Crippen LogP contribution in [0.5, 0.6) is 0 Å². The molecule has 0 radical (unpaired) electrons. The van der Waals surface area contributed by atoms with Crippen molar-refractivity contribution >= 4 is 29.2 Å². The van der Waals surface area contributed by atoms with Gasteiger partial charge in [-0.3, -0.25) is 9.59 Å². The van der Waals surface area contributed by atoms with Gasteiger partial charge in [-0.05, 0) is 68.3 Å². The van der Waals surface area contributed by atoms with Crippen LogP contribution in [0.3, 0.4) is 0 Å². The molecule has 0 aliphatic carbocycles. The van der Waals surface area contributed by atoms with Crippen molar-refractivity contribution in [3.63, 3.8) is 0 Å². The second kappa shape index (κ2) is 9.98. The van der Waals surface area contributed by atoms with Crippen LogP contribution in [-0.2, 0) is 16.0 Å². The number of benzene rings is 2. The van der Waals surface area contributed by atoms with Gasteiger partial charge in [0.05, 0.1) is 6.04 Å². The molecule has 1 atom stereocenters. The van der Waals surface area contributed by atoms with E-state index in [0.717, 1.165) is 17.5 Å². The molecule has 0 bridgehead atoms. The number of rotatable bonds is 5. The maximum Gasteiger partial charge on any atom is 0.247 e. The van der Waals surface area contributed by atoms with Gasteiger partial charge in [0.2, 0.25) is 11.8 Å². The van der Waals surface area contributed by atoms with Gasteiger partial charge in [0.1, 0.15) is 6.54 Å². The van der Waals surface area contributed by atoms with Crippen molar-refractivity contribution < 1.29 is 9.59 Å². The SMILES string of the molecule is Cc1ccc(C2c3ccsc3CCN2C(=O)CN(C(=O)/C=C/c2ccccc2)C(C)(C)C)cc1. The molecule has 1 aromatic heterocycles. The molecular weight excluding hydrogens is 440 g/mol. The molecule has 1 aliphatic rings. The van der Waals surface area contributed by atoms with E-state index < -0.39 is 5.54 Å². The third kappa shape index (κ3) is 5.31. The van der Waals surface area contributed by atoms with E-state index in [-0.39, 0.29) is 24.4 Å². The molecule has 3 aromatic rings. The zero-order chi connectivity index (χ0) is 24.3. The summed E-state index contributed by atoms with van der Waals surface area (Å²) in [5.41, 5.74) is 3.97. The molecule has 5 heteroatoms. The van der Waals surface area contributed by atoms with Crippen LogP contribution < -0.4 is 0 Å². The second-order valence-corrected chi connectivity index (χ2v) is 10.8. The molecule has 0 N–H and O–H groups in total. The van der Waals surface area contributed by atoms with Crippen molar-refractivity contribution in [1.82, 2.24) is 9.80 Å². The molecule has 2 aromatic carbocycles. The van der Waals surface area contributed by atoms with Gasteiger partial charge in [0.25, 0.3) is 0 Å². The summed E-state index contributed by atoms with van der Waals surface area (Å²) in [4.78, 5) is 31.9. The summed E-state index contributed by atoms with van der Waals surface area (Å²) >= 11 is 1.76. The summed E-state index contributed by atoms with van der Waals surface area (Å²) in [5, 5.41) is 2.11. The molecule has 2 heterocycles. The largest absolute Gasteiger partial charge is 0.330 e. The standard InChI is InChI=1S/C29H32N2O2S/c1-21-10-13-23(14-11-21)28-24-17-19-34-25(24)16-18-30(28)27(33)20-31(29(2,3)4)26(32)15-12-22-8-6-5-7-9-22/h5-15,17,19,28H,16,18,20H2,1-4H3/b15-12+. The van der Waals surface area contributed by atoms with Crippen molar-refractivity contribution in [3.05, 3.63) is 99.3 Å². The number of hydrogen-bond acceptors (Lipinski definition) is 3. The topological polar surface area (TPSA) is 40.6 Å². The molecule has 1 aliphatic heterocycles. The lowest BCUT2D eigenvalue weighted by atomic mass is 9.92. The van der Waals surface area contributed by atoms with Crippen LogP contribution in [0.4, 0.5) is 0 Å². The molecule has 2 amide bonds. The Bertz CT molecular complexity index is 1170. The van der Waals surface area contributed by atoms with Crippen LogP contribution >= 0.6 is 11.3 Å². The summed E-state index contributed by atoms with van der Waals surface area (Å²) in [6.45, 7) is 8.68. The van der Waals surface area contributed by atoms with Gasteiger partial charge in [-0.25, -0.2) is 0 Å². The fourth-order valence-electron chi connectivity index (χ4n) is 4.39. The highest BCUT2D eigenvalue weighted by Gasteiger charge is 2.35. The van der Waals surface area contributed by atoms with Crippen molar-refractivity contribution in [2.24, 2.45) is 0 Å². The van der Waals surface area contributed by atoms with Gasteiger partial charge < -0.3 is 9.80 Å². The van der Waals surface area contributed by atoms with E-state index in [1.54, 1.807) is 28.4 Å². The minimum Gasteiger partial charge on any atom is -0.330 e. The number of aryl methyl sites for hydroxylation is 1. The predicted octanol–water partition coefficient (Wildman–Crippen LogP) is 5.87. The third-order valence-electron chi connectivity index (χ3n) is 6.27. The first-order valence-electron chi connectivity index (χ1n) is 11.7. The Morgan fingerprint density at radius 2 is 1.76 bits per heavy atom. The van der Waals surface area contributed by atoms with Crippen LogP contribution in [0, 0.1) is 6.92 Å². The average Bonchev–Trinajstić information content (AvgIpc) is 3.30. The third-order valence-corrected chi connectivity index (χ3v) is 7.26. The number of carbonyl (C=O) groups excluding carboxylic acids is 2. The molecule has 34 heavy (non-hydrogen) atoms.